The Bertz CT molecular complexity index is 1800. The molecular formula is C29H30ClF3N7O5P. The second-order valence-corrected chi connectivity index (χ2v) is 12.5. The van der Waals surface area contributed by atoms with Gasteiger partial charge in [0.1, 0.15) is 17.1 Å². The van der Waals surface area contributed by atoms with Crippen molar-refractivity contribution in [2.75, 3.05) is 38.0 Å². The first-order valence-corrected chi connectivity index (χ1v) is 16.2. The molecule has 1 atom stereocenters. The quantitative estimate of drug-likeness (QED) is 0.193. The van der Waals surface area contributed by atoms with Gasteiger partial charge in [-0.1, -0.05) is 23.7 Å². The minimum absolute atomic E-state index is 0.0159. The maximum Gasteiger partial charge on any atom is 0.421 e. The number of nitrogens with one attached hydrogen (secondary N) is 3. The van der Waals surface area contributed by atoms with Crippen LogP contribution >= 0.6 is 19.2 Å². The molecule has 8 rings (SSSR count). The van der Waals surface area contributed by atoms with Crippen molar-refractivity contribution >= 4 is 48.2 Å². The molecule has 8 bridgehead atoms. The Morgan fingerprint density at radius 3 is 2.70 bits per heavy atom. The summed E-state index contributed by atoms with van der Waals surface area (Å²) in [5.74, 6) is -1.19. The number of benzene rings is 2. The summed E-state index contributed by atoms with van der Waals surface area (Å²) in [5.41, 5.74) is 0.591. The lowest BCUT2D eigenvalue weighted by atomic mass is 10.0. The molecule has 244 valence electrons. The number of methoxy groups -OCH3 is 1. The van der Waals surface area contributed by atoms with Crippen LogP contribution in [0.25, 0.3) is 11.1 Å². The van der Waals surface area contributed by atoms with Crippen molar-refractivity contribution in [2.45, 2.75) is 32.2 Å². The summed E-state index contributed by atoms with van der Waals surface area (Å²) < 4.78 is 74.3. The number of hydrogen-bond donors (Lipinski definition) is 3. The zero-order chi connectivity index (χ0) is 33.1. The first-order valence-electron chi connectivity index (χ1n) is 14.1. The third-order valence-electron chi connectivity index (χ3n) is 6.92. The van der Waals surface area contributed by atoms with Gasteiger partial charge < -0.3 is 29.7 Å². The topological polar surface area (TPSA) is 142 Å². The minimum Gasteiger partial charge on any atom is -0.495 e. The van der Waals surface area contributed by atoms with Gasteiger partial charge in [-0.15, -0.1) is 0 Å². The molecule has 6 heterocycles. The molecule has 0 saturated heterocycles. The number of nitrogens with zero attached hydrogens (tertiary/aromatic N) is 4. The third-order valence-corrected chi connectivity index (χ3v) is 9.29. The lowest BCUT2D eigenvalue weighted by Crippen LogP contribution is -2.21. The zero-order valence-electron chi connectivity index (χ0n) is 24.9. The monoisotopic (exact) mass is 679 g/mol. The summed E-state index contributed by atoms with van der Waals surface area (Å²) >= 11 is 6.73. The molecule has 4 aliphatic rings. The van der Waals surface area contributed by atoms with Crippen LogP contribution in [0.3, 0.4) is 0 Å². The van der Waals surface area contributed by atoms with Gasteiger partial charge in [0.25, 0.3) is 5.91 Å². The van der Waals surface area contributed by atoms with Gasteiger partial charge in [0, 0.05) is 37.1 Å². The van der Waals surface area contributed by atoms with E-state index in [9.17, 15) is 22.5 Å². The molecule has 0 spiro atoms. The summed E-state index contributed by atoms with van der Waals surface area (Å²) in [6.45, 7) is 2.40. The van der Waals surface area contributed by atoms with Crippen LogP contribution < -0.4 is 20.7 Å². The average molecular weight is 680 g/mol. The van der Waals surface area contributed by atoms with Crippen molar-refractivity contribution in [2.24, 2.45) is 0 Å². The van der Waals surface area contributed by atoms with Gasteiger partial charge in [0.2, 0.25) is 5.95 Å². The van der Waals surface area contributed by atoms with Crippen molar-refractivity contribution in [3.63, 3.8) is 0 Å². The number of carbonyl (C=O) groups is 1. The van der Waals surface area contributed by atoms with Gasteiger partial charge in [0.05, 0.1) is 54.6 Å². The second-order valence-electron chi connectivity index (χ2n) is 10.0. The number of halogens is 4. The Kier molecular flexibility index (Phi) is 9.87. The number of aryl methyl sites for hydroxylation is 1. The van der Waals surface area contributed by atoms with Crippen molar-refractivity contribution in [1.29, 1.82) is 0 Å². The van der Waals surface area contributed by atoms with Gasteiger partial charge in [-0.2, -0.15) is 23.3 Å². The predicted molar refractivity (Wildman–Crippen MR) is 166 cm³/mol. The first-order chi connectivity index (χ1) is 21.9. The van der Waals surface area contributed by atoms with Crippen LogP contribution in [0, 0.1) is 0 Å². The van der Waals surface area contributed by atoms with Crippen LogP contribution in [0.15, 0.2) is 48.9 Å². The highest BCUT2D eigenvalue weighted by Gasteiger charge is 2.36. The van der Waals surface area contributed by atoms with Gasteiger partial charge in [0.15, 0.2) is 0 Å². The molecule has 0 saturated carbocycles. The standard InChI is InChI=1S/C29H30ClF3N7O5P/c1-4-44-46(42)16-17-6-8-21(23(12-17)43-3)38-28-35-14-20(29(31,32)33)26(39-28)37-22-9-7-19(25(30)24(22)27(41)34-2)18-13-36-40(15-18)10-5-11-45-46/h6-9,12-15H,4-5,10-11,16H2,1-3H3,(H,34,41)(H2,35,37,38,39)/t46-/m0/s1. The van der Waals surface area contributed by atoms with Crippen LogP contribution in [0.2, 0.25) is 5.02 Å². The number of alkyl halides is 3. The van der Waals surface area contributed by atoms with E-state index in [1.54, 1.807) is 48.3 Å². The van der Waals surface area contributed by atoms with E-state index in [2.05, 4.69) is 31.0 Å². The number of amides is 1. The van der Waals surface area contributed by atoms with E-state index in [1.165, 1.54) is 20.2 Å². The zero-order valence-corrected chi connectivity index (χ0v) is 26.6. The highest BCUT2D eigenvalue weighted by molar-refractivity contribution is 7.53. The lowest BCUT2D eigenvalue weighted by molar-refractivity contribution is -0.137. The Labute approximate surface area is 267 Å². The Balaban J connectivity index is 1.65. The average Bonchev–Trinajstić information content (AvgIpc) is 3.48. The Hall–Kier alpha value is -4.17. The normalized spacial score (nSPS) is 16.9. The fourth-order valence-corrected chi connectivity index (χ4v) is 6.85. The van der Waals surface area contributed by atoms with Crippen LogP contribution in [-0.2, 0) is 32.5 Å². The van der Waals surface area contributed by atoms with E-state index in [0.717, 1.165) is 0 Å². The molecule has 1 amide bonds. The van der Waals surface area contributed by atoms with Crippen molar-refractivity contribution < 1.29 is 36.3 Å². The fraction of sp³-hybridized carbons (Fsp3) is 0.310. The molecule has 0 unspecified atom stereocenters. The maximum atomic E-state index is 14.1. The van der Waals surface area contributed by atoms with E-state index < -0.39 is 31.1 Å². The van der Waals surface area contributed by atoms with E-state index in [-0.39, 0.29) is 47.3 Å². The third kappa shape index (κ3) is 7.28. The van der Waals surface area contributed by atoms with Gasteiger partial charge in [-0.3, -0.25) is 14.0 Å². The van der Waals surface area contributed by atoms with E-state index >= 15 is 0 Å². The molecule has 2 aromatic carbocycles. The summed E-state index contributed by atoms with van der Waals surface area (Å²) in [7, 11) is -0.783. The predicted octanol–water partition coefficient (Wildman–Crippen LogP) is 7.02. The molecule has 4 aliphatic heterocycles. The van der Waals surface area contributed by atoms with Gasteiger partial charge in [-0.25, -0.2) is 4.98 Å². The van der Waals surface area contributed by atoms with Gasteiger partial charge >= 0.3 is 13.8 Å². The van der Waals surface area contributed by atoms with Crippen LogP contribution in [-0.4, -0.2) is 53.0 Å². The molecule has 2 aromatic heterocycles. The van der Waals surface area contributed by atoms with Crippen LogP contribution in [0.4, 0.5) is 36.3 Å². The Morgan fingerprint density at radius 2 is 1.98 bits per heavy atom. The van der Waals surface area contributed by atoms with E-state index in [1.807, 2.05) is 0 Å². The largest absolute Gasteiger partial charge is 0.495 e. The molecule has 46 heavy (non-hydrogen) atoms. The molecule has 17 heteroatoms. The molecular weight excluding hydrogens is 650 g/mol. The second kappa shape index (κ2) is 13.7. The molecule has 12 nitrogen and oxygen atoms in total. The van der Waals surface area contributed by atoms with Crippen molar-refractivity contribution in [3.05, 3.63) is 70.6 Å². The summed E-state index contributed by atoms with van der Waals surface area (Å²) in [6.07, 6.45) is -0.567. The van der Waals surface area contributed by atoms with Crippen LogP contribution in [0.5, 0.6) is 5.75 Å². The number of rotatable bonds is 4. The molecule has 0 aliphatic carbocycles. The SMILES string of the molecule is CCO[P@@]1(=O)Cc2ccc(c(OC)c2)Nc2ncc(C(F)(F)F)c(n2)Nc2ccc(c(Cl)c2C(=O)NC)-c2cnn(c2)CCCO1. The maximum absolute atomic E-state index is 14.1. The molecule has 3 N–H and O–H groups in total. The molecule has 0 fully saturated rings. The molecule has 4 aromatic rings. The number of carbonyl (C=O) groups excluding carboxylic acids is 1. The highest BCUT2D eigenvalue weighted by atomic mass is 35.5. The van der Waals surface area contributed by atoms with Gasteiger partial charge in [-0.05, 0) is 37.1 Å². The number of hydrogen-bond acceptors (Lipinski definition) is 10. The van der Waals surface area contributed by atoms with Crippen molar-refractivity contribution in [3.8, 4) is 16.9 Å². The van der Waals surface area contributed by atoms with Crippen molar-refractivity contribution in [1.82, 2.24) is 25.1 Å². The fourth-order valence-electron chi connectivity index (χ4n) is 4.78. The van der Waals surface area contributed by atoms with E-state index in [0.29, 0.717) is 41.5 Å². The molecule has 0 radical (unpaired) electrons. The Morgan fingerprint density at radius 1 is 1.20 bits per heavy atom. The minimum atomic E-state index is -4.84. The van der Waals surface area contributed by atoms with Crippen LogP contribution in [0.1, 0.15) is 34.8 Å². The first kappa shape index (κ1) is 33.2. The highest BCUT2D eigenvalue weighted by Crippen LogP contribution is 2.52. The summed E-state index contributed by atoms with van der Waals surface area (Å²) in [5, 5.41) is 12.3. The number of anilines is 4. The van der Waals surface area contributed by atoms with E-state index in [4.69, 9.17) is 25.4 Å². The summed E-state index contributed by atoms with van der Waals surface area (Å²) in [4.78, 5) is 21.0. The summed E-state index contributed by atoms with van der Waals surface area (Å²) in [6, 6.07) is 7.84. The lowest BCUT2D eigenvalue weighted by Gasteiger charge is -2.20. The number of aromatic nitrogens is 4. The number of ether oxygens (including phenoxy) is 1. The smallest absolute Gasteiger partial charge is 0.421 e.